The summed E-state index contributed by atoms with van der Waals surface area (Å²) in [6.45, 7) is 3.20. The van der Waals surface area contributed by atoms with E-state index in [9.17, 15) is 0 Å². The predicted molar refractivity (Wildman–Crippen MR) is 72.8 cm³/mol. The summed E-state index contributed by atoms with van der Waals surface area (Å²) in [6.07, 6.45) is 7.85. The van der Waals surface area contributed by atoms with Gasteiger partial charge in [0.1, 0.15) is 0 Å². The molecule has 0 radical (unpaired) electrons. The molecule has 2 N–H and O–H groups in total. The molecular weight excluding hydrogens is 216 g/mol. The van der Waals surface area contributed by atoms with E-state index < -0.39 is 0 Å². The number of likely N-dealkylation sites (N-methyl/N-ethyl adjacent to an activating group) is 1. The van der Waals surface area contributed by atoms with Crippen LogP contribution in [-0.2, 0) is 0 Å². The topological polar surface area (TPSA) is 29.3 Å². The molecule has 94 valence electrons. The highest BCUT2D eigenvalue weighted by Gasteiger charge is 2.52. The molecule has 4 unspecified atom stereocenters. The second-order valence-corrected chi connectivity index (χ2v) is 6.71. The molecule has 0 aromatic rings. The summed E-state index contributed by atoms with van der Waals surface area (Å²) < 4.78 is 0. The van der Waals surface area contributed by atoms with Crippen LogP contribution in [-0.4, -0.2) is 42.1 Å². The molecule has 0 spiro atoms. The maximum Gasteiger partial charge on any atom is 0.0362 e. The Balaban J connectivity index is 2.09. The third kappa shape index (κ3) is 1.91. The van der Waals surface area contributed by atoms with Crippen LogP contribution >= 0.6 is 11.8 Å². The van der Waals surface area contributed by atoms with Crippen LogP contribution in [0.5, 0.6) is 0 Å². The second-order valence-electron chi connectivity index (χ2n) is 5.80. The molecule has 2 fully saturated rings. The third-order valence-electron chi connectivity index (χ3n) is 5.07. The summed E-state index contributed by atoms with van der Waals surface area (Å²) in [5.74, 6) is 3.06. The summed E-state index contributed by atoms with van der Waals surface area (Å²) in [7, 11) is 2.30. The standard InChI is InChI=1S/C13H26N2S/c1-10(8-16-3)15(2)13(9-14)7-11-4-5-12(13)6-11/h10-12H,4-9,14H2,1-3H3. The van der Waals surface area contributed by atoms with Gasteiger partial charge in [0.15, 0.2) is 0 Å². The molecule has 0 aromatic carbocycles. The smallest absolute Gasteiger partial charge is 0.0362 e. The highest BCUT2D eigenvalue weighted by Crippen LogP contribution is 2.53. The molecular formula is C13H26N2S. The minimum Gasteiger partial charge on any atom is -0.329 e. The van der Waals surface area contributed by atoms with Crippen LogP contribution in [0.1, 0.15) is 32.6 Å². The van der Waals surface area contributed by atoms with Crippen molar-refractivity contribution in [1.82, 2.24) is 4.90 Å². The van der Waals surface area contributed by atoms with Gasteiger partial charge in [0.05, 0.1) is 0 Å². The molecule has 0 amide bonds. The molecule has 4 atom stereocenters. The van der Waals surface area contributed by atoms with Crippen LogP contribution < -0.4 is 5.73 Å². The van der Waals surface area contributed by atoms with Crippen LogP contribution in [0.15, 0.2) is 0 Å². The molecule has 2 aliphatic rings. The van der Waals surface area contributed by atoms with Crippen LogP contribution in [0.2, 0.25) is 0 Å². The summed E-state index contributed by atoms with van der Waals surface area (Å²) in [6, 6.07) is 0.651. The number of thioether (sulfide) groups is 1. The SMILES string of the molecule is CSCC(C)N(C)C1(CN)CC2CCC1C2. The van der Waals surface area contributed by atoms with Crippen molar-refractivity contribution in [2.24, 2.45) is 17.6 Å². The van der Waals surface area contributed by atoms with Gasteiger partial charge in [-0.3, -0.25) is 4.90 Å². The van der Waals surface area contributed by atoms with Gasteiger partial charge >= 0.3 is 0 Å². The van der Waals surface area contributed by atoms with Gasteiger partial charge in [-0.1, -0.05) is 6.42 Å². The van der Waals surface area contributed by atoms with E-state index in [4.69, 9.17) is 5.73 Å². The largest absolute Gasteiger partial charge is 0.329 e. The highest BCUT2D eigenvalue weighted by molar-refractivity contribution is 7.98. The minimum absolute atomic E-state index is 0.331. The average molecular weight is 242 g/mol. The zero-order valence-electron chi connectivity index (χ0n) is 10.9. The van der Waals surface area contributed by atoms with E-state index in [-0.39, 0.29) is 0 Å². The Bertz CT molecular complexity index is 246. The molecule has 0 aromatic heterocycles. The van der Waals surface area contributed by atoms with Crippen molar-refractivity contribution < 1.29 is 0 Å². The van der Waals surface area contributed by atoms with Gasteiger partial charge < -0.3 is 5.73 Å². The predicted octanol–water partition coefficient (Wildman–Crippen LogP) is 2.19. The average Bonchev–Trinajstić information content (AvgIpc) is 2.88. The molecule has 0 saturated heterocycles. The lowest BCUT2D eigenvalue weighted by Gasteiger charge is -2.47. The zero-order chi connectivity index (χ0) is 11.8. The summed E-state index contributed by atoms with van der Waals surface area (Å²) in [5.41, 5.74) is 6.47. The Morgan fingerprint density at radius 3 is 2.69 bits per heavy atom. The van der Waals surface area contributed by atoms with Crippen molar-refractivity contribution in [2.75, 3.05) is 25.6 Å². The normalized spacial score (nSPS) is 39.6. The molecule has 16 heavy (non-hydrogen) atoms. The van der Waals surface area contributed by atoms with Crippen molar-refractivity contribution in [3.63, 3.8) is 0 Å². The van der Waals surface area contributed by atoms with Gasteiger partial charge in [-0.05, 0) is 51.3 Å². The van der Waals surface area contributed by atoms with E-state index in [1.807, 2.05) is 11.8 Å². The number of fused-ring (bicyclic) bond motifs is 2. The zero-order valence-corrected chi connectivity index (χ0v) is 11.7. The molecule has 0 aliphatic heterocycles. The minimum atomic E-state index is 0.331. The Hall–Kier alpha value is 0.270. The molecule has 3 heteroatoms. The fourth-order valence-electron chi connectivity index (χ4n) is 4.03. The van der Waals surface area contributed by atoms with Crippen LogP contribution in [0.3, 0.4) is 0 Å². The Morgan fingerprint density at radius 1 is 1.50 bits per heavy atom. The van der Waals surface area contributed by atoms with Crippen molar-refractivity contribution >= 4 is 11.8 Å². The van der Waals surface area contributed by atoms with E-state index >= 15 is 0 Å². The fourth-order valence-corrected chi connectivity index (χ4v) is 4.74. The number of hydrogen-bond donors (Lipinski definition) is 1. The van der Waals surface area contributed by atoms with Gasteiger partial charge in [0.25, 0.3) is 0 Å². The van der Waals surface area contributed by atoms with Crippen molar-refractivity contribution in [3.8, 4) is 0 Å². The number of nitrogens with zero attached hydrogens (tertiary/aromatic N) is 1. The molecule has 2 nitrogen and oxygen atoms in total. The van der Waals surface area contributed by atoms with Crippen LogP contribution in [0, 0.1) is 11.8 Å². The fraction of sp³-hybridized carbons (Fsp3) is 1.00. The second kappa shape index (κ2) is 4.87. The monoisotopic (exact) mass is 242 g/mol. The Kier molecular flexibility index (Phi) is 3.87. The molecule has 2 bridgehead atoms. The molecule has 2 saturated carbocycles. The molecule has 2 rings (SSSR count). The van der Waals surface area contributed by atoms with Crippen molar-refractivity contribution in [2.45, 2.75) is 44.2 Å². The number of nitrogens with two attached hydrogens (primary N) is 1. The lowest BCUT2D eigenvalue weighted by Crippen LogP contribution is -2.58. The number of hydrogen-bond acceptors (Lipinski definition) is 3. The first-order chi connectivity index (χ1) is 7.64. The summed E-state index contributed by atoms with van der Waals surface area (Å²) >= 11 is 1.94. The van der Waals surface area contributed by atoms with Crippen molar-refractivity contribution in [1.29, 1.82) is 0 Å². The highest BCUT2D eigenvalue weighted by atomic mass is 32.2. The summed E-state index contributed by atoms with van der Waals surface area (Å²) in [4.78, 5) is 2.60. The summed E-state index contributed by atoms with van der Waals surface area (Å²) in [5, 5.41) is 0. The molecule has 2 aliphatic carbocycles. The van der Waals surface area contributed by atoms with E-state index in [0.717, 1.165) is 18.4 Å². The van der Waals surface area contributed by atoms with E-state index in [2.05, 4.69) is 25.1 Å². The van der Waals surface area contributed by atoms with Gasteiger partial charge in [-0.15, -0.1) is 0 Å². The maximum atomic E-state index is 6.14. The quantitative estimate of drug-likeness (QED) is 0.801. The molecule has 0 heterocycles. The van der Waals surface area contributed by atoms with Crippen LogP contribution in [0.4, 0.5) is 0 Å². The van der Waals surface area contributed by atoms with E-state index in [1.54, 1.807) is 0 Å². The maximum absolute atomic E-state index is 6.14. The van der Waals surface area contributed by atoms with E-state index in [1.165, 1.54) is 31.4 Å². The van der Waals surface area contributed by atoms with E-state index in [0.29, 0.717) is 11.6 Å². The first kappa shape index (κ1) is 12.7. The van der Waals surface area contributed by atoms with Crippen LogP contribution in [0.25, 0.3) is 0 Å². The Labute approximate surface area is 104 Å². The van der Waals surface area contributed by atoms with Crippen molar-refractivity contribution in [3.05, 3.63) is 0 Å². The first-order valence-electron chi connectivity index (χ1n) is 6.56. The van der Waals surface area contributed by atoms with Gasteiger partial charge in [-0.25, -0.2) is 0 Å². The number of rotatable bonds is 5. The van der Waals surface area contributed by atoms with Gasteiger partial charge in [0.2, 0.25) is 0 Å². The first-order valence-corrected chi connectivity index (χ1v) is 7.95. The Morgan fingerprint density at radius 2 is 2.25 bits per heavy atom. The van der Waals surface area contributed by atoms with Gasteiger partial charge in [-0.2, -0.15) is 11.8 Å². The lowest BCUT2D eigenvalue weighted by molar-refractivity contribution is 0.0421. The van der Waals surface area contributed by atoms with Gasteiger partial charge in [0, 0.05) is 23.9 Å². The lowest BCUT2D eigenvalue weighted by atomic mass is 9.79. The third-order valence-corrected chi connectivity index (χ3v) is 5.88.